The van der Waals surface area contributed by atoms with Gasteiger partial charge in [-0.3, -0.25) is 4.90 Å². The number of methoxy groups -OCH3 is 2. The summed E-state index contributed by atoms with van der Waals surface area (Å²) in [5.74, 6) is 2.26. The van der Waals surface area contributed by atoms with Gasteiger partial charge in [0.25, 0.3) is 0 Å². The highest BCUT2D eigenvalue weighted by molar-refractivity contribution is 5.46. The molecule has 0 spiro atoms. The number of halogens is 1. The van der Waals surface area contributed by atoms with Crippen LogP contribution in [-0.4, -0.2) is 30.8 Å². The Morgan fingerprint density at radius 2 is 1.39 bits per heavy atom. The Kier molecular flexibility index (Phi) is 8.08. The standard InChI is InChI=1S/C30H32FNO4/c1-4-19-32(20-22-7-5-6-8-28(22)31)21-27-17-18-29(36-27)30(33,23-9-13-25(34-2)14-10-23)24-11-15-26(35-3)16-12-24/h5-18,33H,4,19-21H2,1-3H3. The molecule has 0 aliphatic heterocycles. The molecule has 0 saturated carbocycles. The lowest BCUT2D eigenvalue weighted by Gasteiger charge is -2.28. The molecule has 1 aromatic heterocycles. The third kappa shape index (κ3) is 5.45. The van der Waals surface area contributed by atoms with E-state index in [4.69, 9.17) is 13.9 Å². The van der Waals surface area contributed by atoms with Gasteiger partial charge in [0.15, 0.2) is 5.60 Å². The molecule has 3 aromatic carbocycles. The SMILES string of the molecule is CCCN(Cc1ccc(C(O)(c2ccc(OC)cc2)c2ccc(OC)cc2)o1)Cc1ccccc1F. The van der Waals surface area contributed by atoms with Crippen LogP contribution in [0.2, 0.25) is 0 Å². The maximum absolute atomic E-state index is 14.3. The summed E-state index contributed by atoms with van der Waals surface area (Å²) in [7, 11) is 3.21. The largest absolute Gasteiger partial charge is 0.497 e. The van der Waals surface area contributed by atoms with Crippen LogP contribution in [0, 0.1) is 5.82 Å². The van der Waals surface area contributed by atoms with Gasteiger partial charge >= 0.3 is 0 Å². The Bertz CT molecular complexity index is 1200. The van der Waals surface area contributed by atoms with E-state index in [2.05, 4.69) is 11.8 Å². The smallest absolute Gasteiger partial charge is 0.173 e. The molecule has 0 saturated heterocycles. The van der Waals surface area contributed by atoms with Crippen LogP contribution < -0.4 is 9.47 Å². The predicted molar refractivity (Wildman–Crippen MR) is 138 cm³/mol. The van der Waals surface area contributed by atoms with Crippen molar-refractivity contribution in [3.05, 3.63) is 119 Å². The van der Waals surface area contributed by atoms with Crippen molar-refractivity contribution in [1.29, 1.82) is 0 Å². The normalized spacial score (nSPS) is 11.6. The summed E-state index contributed by atoms with van der Waals surface area (Å²) in [6.45, 7) is 3.83. The minimum absolute atomic E-state index is 0.216. The van der Waals surface area contributed by atoms with Crippen LogP contribution in [0.1, 0.15) is 41.6 Å². The number of hydrogen-bond donors (Lipinski definition) is 1. The summed E-state index contributed by atoms with van der Waals surface area (Å²) in [5, 5.41) is 12.1. The average molecular weight is 490 g/mol. The first-order valence-corrected chi connectivity index (χ1v) is 12.0. The molecule has 0 unspecified atom stereocenters. The minimum atomic E-state index is -1.53. The summed E-state index contributed by atoms with van der Waals surface area (Å²) < 4.78 is 31.1. The van der Waals surface area contributed by atoms with Crippen molar-refractivity contribution >= 4 is 0 Å². The molecule has 36 heavy (non-hydrogen) atoms. The van der Waals surface area contributed by atoms with E-state index in [-0.39, 0.29) is 5.82 Å². The first kappa shape index (κ1) is 25.5. The van der Waals surface area contributed by atoms with E-state index in [0.29, 0.717) is 52.8 Å². The van der Waals surface area contributed by atoms with Crippen LogP contribution in [0.3, 0.4) is 0 Å². The van der Waals surface area contributed by atoms with Crippen LogP contribution in [0.25, 0.3) is 0 Å². The Labute approximate surface area is 211 Å². The highest BCUT2D eigenvalue weighted by Gasteiger charge is 2.37. The van der Waals surface area contributed by atoms with Crippen LogP contribution in [0.4, 0.5) is 4.39 Å². The lowest BCUT2D eigenvalue weighted by molar-refractivity contribution is 0.0951. The molecular weight excluding hydrogens is 457 g/mol. The first-order chi connectivity index (χ1) is 17.5. The summed E-state index contributed by atoms with van der Waals surface area (Å²) in [4.78, 5) is 2.14. The quantitative estimate of drug-likeness (QED) is 0.275. The van der Waals surface area contributed by atoms with Gasteiger partial charge in [0.1, 0.15) is 28.8 Å². The second-order valence-corrected chi connectivity index (χ2v) is 8.74. The highest BCUT2D eigenvalue weighted by atomic mass is 19.1. The van der Waals surface area contributed by atoms with Crippen LogP contribution >= 0.6 is 0 Å². The van der Waals surface area contributed by atoms with Gasteiger partial charge in [-0.1, -0.05) is 49.4 Å². The fourth-order valence-electron chi connectivity index (χ4n) is 4.39. The van der Waals surface area contributed by atoms with Crippen LogP contribution in [-0.2, 0) is 18.7 Å². The molecule has 6 heteroatoms. The summed E-state index contributed by atoms with van der Waals surface area (Å²) in [5.41, 5.74) is 0.403. The lowest BCUT2D eigenvalue weighted by Crippen LogP contribution is -2.28. The molecule has 1 N–H and O–H groups in total. The average Bonchev–Trinajstić information content (AvgIpc) is 3.39. The van der Waals surface area contributed by atoms with Crippen molar-refractivity contribution in [2.45, 2.75) is 32.0 Å². The molecule has 0 aliphatic carbocycles. The molecule has 0 bridgehead atoms. The van der Waals surface area contributed by atoms with E-state index < -0.39 is 5.60 Å². The molecule has 4 aromatic rings. The number of hydrogen-bond acceptors (Lipinski definition) is 5. The van der Waals surface area contributed by atoms with Crippen molar-refractivity contribution < 1.29 is 23.4 Å². The zero-order valence-electron chi connectivity index (χ0n) is 20.9. The predicted octanol–water partition coefficient (Wildman–Crippen LogP) is 6.13. The third-order valence-electron chi connectivity index (χ3n) is 6.30. The van der Waals surface area contributed by atoms with Crippen molar-refractivity contribution in [1.82, 2.24) is 4.90 Å². The number of furan rings is 1. The van der Waals surface area contributed by atoms with Crippen molar-refractivity contribution in [3.63, 3.8) is 0 Å². The Morgan fingerprint density at radius 3 is 1.92 bits per heavy atom. The molecule has 5 nitrogen and oxygen atoms in total. The lowest BCUT2D eigenvalue weighted by atomic mass is 9.84. The number of aliphatic hydroxyl groups is 1. The maximum atomic E-state index is 14.3. The molecule has 0 radical (unpaired) electrons. The third-order valence-corrected chi connectivity index (χ3v) is 6.30. The van der Waals surface area contributed by atoms with E-state index in [1.165, 1.54) is 6.07 Å². The summed E-state index contributed by atoms with van der Waals surface area (Å²) >= 11 is 0. The number of nitrogens with zero attached hydrogens (tertiary/aromatic N) is 1. The van der Waals surface area contributed by atoms with Gasteiger partial charge in [0, 0.05) is 12.1 Å². The Hall–Kier alpha value is -3.61. The van der Waals surface area contributed by atoms with Crippen molar-refractivity contribution in [2.75, 3.05) is 20.8 Å². The summed E-state index contributed by atoms with van der Waals surface area (Å²) in [6.07, 6.45) is 0.920. The topological polar surface area (TPSA) is 55.1 Å². The van der Waals surface area contributed by atoms with Gasteiger partial charge in [0.05, 0.1) is 20.8 Å². The molecular formula is C30H32FNO4. The first-order valence-electron chi connectivity index (χ1n) is 12.0. The minimum Gasteiger partial charge on any atom is -0.497 e. The monoisotopic (exact) mass is 489 g/mol. The Balaban J connectivity index is 1.67. The number of benzene rings is 3. The second-order valence-electron chi connectivity index (χ2n) is 8.74. The number of ether oxygens (including phenoxy) is 2. The summed E-state index contributed by atoms with van der Waals surface area (Å²) in [6, 6.07) is 25.0. The van der Waals surface area contributed by atoms with E-state index in [1.54, 1.807) is 32.4 Å². The fraction of sp³-hybridized carbons (Fsp3) is 0.267. The zero-order valence-corrected chi connectivity index (χ0v) is 20.9. The van der Waals surface area contributed by atoms with Gasteiger partial charge in [-0.2, -0.15) is 0 Å². The van der Waals surface area contributed by atoms with Crippen LogP contribution in [0.15, 0.2) is 89.3 Å². The van der Waals surface area contributed by atoms with Gasteiger partial charge in [-0.15, -0.1) is 0 Å². The van der Waals surface area contributed by atoms with E-state index in [9.17, 15) is 9.50 Å². The molecule has 4 rings (SSSR count). The molecule has 0 aliphatic rings. The van der Waals surface area contributed by atoms with E-state index in [1.807, 2.05) is 60.7 Å². The fourth-order valence-corrected chi connectivity index (χ4v) is 4.39. The number of rotatable bonds is 11. The highest BCUT2D eigenvalue weighted by Crippen LogP contribution is 2.39. The maximum Gasteiger partial charge on any atom is 0.173 e. The molecule has 0 amide bonds. The van der Waals surface area contributed by atoms with Gasteiger partial charge in [0.2, 0.25) is 0 Å². The van der Waals surface area contributed by atoms with Crippen molar-refractivity contribution in [3.8, 4) is 11.5 Å². The van der Waals surface area contributed by atoms with E-state index >= 15 is 0 Å². The van der Waals surface area contributed by atoms with E-state index in [0.717, 1.165) is 13.0 Å². The molecule has 0 fully saturated rings. The molecule has 188 valence electrons. The molecule has 1 heterocycles. The Morgan fingerprint density at radius 1 is 0.806 bits per heavy atom. The van der Waals surface area contributed by atoms with Gasteiger partial charge in [-0.25, -0.2) is 4.39 Å². The second kappa shape index (κ2) is 11.4. The van der Waals surface area contributed by atoms with Gasteiger partial charge in [-0.05, 0) is 66.6 Å². The van der Waals surface area contributed by atoms with Gasteiger partial charge < -0.3 is 19.0 Å². The van der Waals surface area contributed by atoms with Crippen molar-refractivity contribution in [2.24, 2.45) is 0 Å². The van der Waals surface area contributed by atoms with Crippen LogP contribution in [0.5, 0.6) is 11.5 Å². The zero-order chi connectivity index (χ0) is 25.5. The molecule has 0 atom stereocenters.